The molecule has 5 heteroatoms. The van der Waals surface area contributed by atoms with E-state index in [1.54, 1.807) is 13.3 Å². The van der Waals surface area contributed by atoms with E-state index < -0.39 is 0 Å². The summed E-state index contributed by atoms with van der Waals surface area (Å²) in [6.07, 6.45) is 3.60. The number of carbonyl (C=O) groups is 1. The third kappa shape index (κ3) is 2.93. The van der Waals surface area contributed by atoms with Gasteiger partial charge >= 0.3 is 0 Å². The van der Waals surface area contributed by atoms with Gasteiger partial charge in [0.2, 0.25) is 0 Å². The van der Waals surface area contributed by atoms with Crippen molar-refractivity contribution < 1.29 is 9.53 Å². The average molecular weight is 277 g/mol. The molecule has 20 heavy (non-hydrogen) atoms. The van der Waals surface area contributed by atoms with Crippen LogP contribution in [0.5, 0.6) is 0 Å². The van der Waals surface area contributed by atoms with E-state index in [9.17, 15) is 4.79 Å². The first-order chi connectivity index (χ1) is 9.49. The number of nitrogens with zero attached hydrogens (tertiary/aromatic N) is 2. The lowest BCUT2D eigenvalue weighted by molar-refractivity contribution is -0.0440. The van der Waals surface area contributed by atoms with Gasteiger partial charge in [-0.15, -0.1) is 0 Å². The lowest BCUT2D eigenvalue weighted by Gasteiger charge is -2.39. The Morgan fingerprint density at radius 3 is 2.95 bits per heavy atom. The number of amides is 1. The van der Waals surface area contributed by atoms with Crippen LogP contribution in [0.25, 0.3) is 0 Å². The summed E-state index contributed by atoms with van der Waals surface area (Å²) in [5.74, 6) is 0.0184. The minimum atomic E-state index is -0.244. The minimum absolute atomic E-state index is 0.0184. The number of pyridine rings is 1. The van der Waals surface area contributed by atoms with Crippen molar-refractivity contribution in [2.75, 3.05) is 32.6 Å². The van der Waals surface area contributed by atoms with Gasteiger partial charge in [0.25, 0.3) is 5.91 Å². The molecule has 1 aliphatic heterocycles. The third-order valence-electron chi connectivity index (χ3n) is 3.98. The molecule has 0 spiro atoms. The zero-order chi connectivity index (χ0) is 14.8. The number of hydrogen-bond donors (Lipinski definition) is 1. The van der Waals surface area contributed by atoms with E-state index in [0.717, 1.165) is 30.8 Å². The number of ether oxygens (including phenoxy) is 1. The van der Waals surface area contributed by atoms with Crippen molar-refractivity contribution in [1.29, 1.82) is 0 Å². The van der Waals surface area contributed by atoms with E-state index in [-0.39, 0.29) is 11.5 Å². The molecule has 1 atom stereocenters. The summed E-state index contributed by atoms with van der Waals surface area (Å²) in [4.78, 5) is 18.8. The molecular weight excluding hydrogens is 254 g/mol. The van der Waals surface area contributed by atoms with Gasteiger partial charge in [-0.05, 0) is 32.8 Å². The Kier molecular flexibility index (Phi) is 4.28. The van der Waals surface area contributed by atoms with E-state index in [0.29, 0.717) is 12.1 Å². The molecule has 1 saturated heterocycles. The normalized spacial score (nSPS) is 22.7. The summed E-state index contributed by atoms with van der Waals surface area (Å²) in [5.41, 5.74) is 2.10. The van der Waals surface area contributed by atoms with Crippen molar-refractivity contribution in [3.8, 4) is 0 Å². The third-order valence-corrected chi connectivity index (χ3v) is 3.98. The number of hydrogen-bond acceptors (Lipinski definition) is 4. The molecule has 1 unspecified atom stereocenters. The predicted octanol–water partition coefficient (Wildman–Crippen LogP) is 2.07. The number of nitrogens with one attached hydrogen (secondary N) is 1. The minimum Gasteiger partial charge on any atom is -0.387 e. The molecule has 0 bridgehead atoms. The van der Waals surface area contributed by atoms with Gasteiger partial charge in [0.05, 0.1) is 16.9 Å². The summed E-state index contributed by atoms with van der Waals surface area (Å²) >= 11 is 0. The van der Waals surface area contributed by atoms with E-state index >= 15 is 0 Å². The van der Waals surface area contributed by atoms with Gasteiger partial charge in [-0.2, -0.15) is 0 Å². The molecular formula is C15H23N3O2. The van der Waals surface area contributed by atoms with E-state index in [1.807, 2.05) is 24.9 Å². The topological polar surface area (TPSA) is 54.5 Å². The maximum atomic E-state index is 12.7. The second-order valence-corrected chi connectivity index (χ2v) is 5.61. The quantitative estimate of drug-likeness (QED) is 0.919. The molecule has 2 rings (SSSR count). The molecule has 0 aliphatic carbocycles. The molecule has 0 radical (unpaired) electrons. The maximum Gasteiger partial charge on any atom is 0.257 e. The van der Waals surface area contributed by atoms with Gasteiger partial charge in [-0.25, -0.2) is 0 Å². The molecule has 1 N–H and O–H groups in total. The highest BCUT2D eigenvalue weighted by molar-refractivity contribution is 5.99. The van der Waals surface area contributed by atoms with E-state index in [2.05, 4.69) is 17.2 Å². The summed E-state index contributed by atoms with van der Waals surface area (Å²) in [6.45, 7) is 5.37. The maximum absolute atomic E-state index is 12.7. The van der Waals surface area contributed by atoms with Crippen LogP contribution in [0.4, 0.5) is 5.69 Å². The first-order valence-corrected chi connectivity index (χ1v) is 6.98. The standard InChI is InChI=1S/C15H23N3O2/c1-11-8-13(16-3)12(9-17-11)14(19)18-7-5-6-15(2,10-18)20-4/h8-9H,5-7,10H2,1-4H3,(H,16,17). The molecule has 1 aliphatic rings. The van der Waals surface area contributed by atoms with Gasteiger partial charge in [-0.1, -0.05) is 0 Å². The summed E-state index contributed by atoms with van der Waals surface area (Å²) in [5, 5.41) is 3.07. The fourth-order valence-electron chi connectivity index (χ4n) is 2.65. The molecule has 1 amide bonds. The Morgan fingerprint density at radius 1 is 1.55 bits per heavy atom. The molecule has 0 aromatic carbocycles. The van der Waals surface area contributed by atoms with Crippen molar-refractivity contribution in [3.63, 3.8) is 0 Å². The van der Waals surface area contributed by atoms with Crippen LogP contribution in [0.1, 0.15) is 35.8 Å². The molecule has 5 nitrogen and oxygen atoms in total. The molecule has 1 aromatic heterocycles. The monoisotopic (exact) mass is 277 g/mol. The van der Waals surface area contributed by atoms with Crippen LogP contribution in [0.15, 0.2) is 12.3 Å². The molecule has 1 fully saturated rings. The number of piperidine rings is 1. The predicted molar refractivity (Wildman–Crippen MR) is 79.1 cm³/mol. The number of rotatable bonds is 3. The fourth-order valence-corrected chi connectivity index (χ4v) is 2.65. The zero-order valence-corrected chi connectivity index (χ0v) is 12.7. The fraction of sp³-hybridized carbons (Fsp3) is 0.600. The number of aryl methyl sites for hydroxylation is 1. The molecule has 110 valence electrons. The summed E-state index contributed by atoms with van der Waals surface area (Å²) in [6, 6.07) is 1.90. The van der Waals surface area contributed by atoms with Crippen LogP contribution >= 0.6 is 0 Å². The highest BCUT2D eigenvalue weighted by Crippen LogP contribution is 2.26. The Hall–Kier alpha value is -1.62. The van der Waals surface area contributed by atoms with Crippen LogP contribution in [-0.2, 0) is 4.74 Å². The highest BCUT2D eigenvalue weighted by atomic mass is 16.5. The van der Waals surface area contributed by atoms with Crippen LogP contribution in [0.2, 0.25) is 0 Å². The van der Waals surface area contributed by atoms with Crippen molar-refractivity contribution in [1.82, 2.24) is 9.88 Å². The Bertz CT molecular complexity index is 504. The average Bonchev–Trinajstić information content (AvgIpc) is 2.46. The Labute approximate surface area is 120 Å². The Morgan fingerprint density at radius 2 is 2.30 bits per heavy atom. The molecule has 1 aromatic rings. The number of anilines is 1. The first-order valence-electron chi connectivity index (χ1n) is 6.98. The van der Waals surface area contributed by atoms with Crippen molar-refractivity contribution >= 4 is 11.6 Å². The lowest BCUT2D eigenvalue weighted by atomic mass is 9.94. The SMILES string of the molecule is CNc1cc(C)ncc1C(=O)N1CCCC(C)(OC)C1. The summed E-state index contributed by atoms with van der Waals surface area (Å²) in [7, 11) is 3.53. The van der Waals surface area contributed by atoms with Crippen molar-refractivity contribution in [3.05, 3.63) is 23.5 Å². The Balaban J connectivity index is 2.23. The van der Waals surface area contributed by atoms with Crippen LogP contribution in [-0.4, -0.2) is 48.6 Å². The van der Waals surface area contributed by atoms with E-state index in [1.165, 1.54) is 0 Å². The van der Waals surface area contributed by atoms with Gasteiger partial charge in [-0.3, -0.25) is 9.78 Å². The number of likely N-dealkylation sites (tertiary alicyclic amines) is 1. The number of aromatic nitrogens is 1. The number of carbonyl (C=O) groups excluding carboxylic acids is 1. The highest BCUT2D eigenvalue weighted by Gasteiger charge is 2.33. The smallest absolute Gasteiger partial charge is 0.257 e. The molecule has 0 saturated carbocycles. The van der Waals surface area contributed by atoms with E-state index in [4.69, 9.17) is 4.74 Å². The van der Waals surface area contributed by atoms with Gasteiger partial charge in [0.15, 0.2) is 0 Å². The lowest BCUT2D eigenvalue weighted by Crippen LogP contribution is -2.49. The summed E-state index contributed by atoms with van der Waals surface area (Å²) < 4.78 is 5.55. The van der Waals surface area contributed by atoms with Crippen molar-refractivity contribution in [2.45, 2.75) is 32.3 Å². The second kappa shape index (κ2) is 5.79. The molecule has 2 heterocycles. The van der Waals surface area contributed by atoms with Gasteiger partial charge in [0.1, 0.15) is 0 Å². The van der Waals surface area contributed by atoms with Crippen LogP contribution in [0.3, 0.4) is 0 Å². The van der Waals surface area contributed by atoms with Crippen molar-refractivity contribution in [2.24, 2.45) is 0 Å². The van der Waals surface area contributed by atoms with Gasteiger partial charge in [0, 0.05) is 39.1 Å². The second-order valence-electron chi connectivity index (χ2n) is 5.61. The van der Waals surface area contributed by atoms with Gasteiger partial charge < -0.3 is 15.0 Å². The van der Waals surface area contributed by atoms with Crippen LogP contribution < -0.4 is 5.32 Å². The number of methoxy groups -OCH3 is 1. The largest absolute Gasteiger partial charge is 0.387 e. The van der Waals surface area contributed by atoms with Crippen LogP contribution in [0, 0.1) is 6.92 Å². The zero-order valence-electron chi connectivity index (χ0n) is 12.7. The first kappa shape index (κ1) is 14.8.